The van der Waals surface area contributed by atoms with Gasteiger partial charge in [-0.15, -0.1) is 0 Å². The fourth-order valence-electron chi connectivity index (χ4n) is 4.57. The van der Waals surface area contributed by atoms with Gasteiger partial charge in [-0.05, 0) is 55.0 Å². The van der Waals surface area contributed by atoms with Crippen LogP contribution in [0.4, 0.5) is 5.69 Å². The van der Waals surface area contributed by atoms with E-state index in [0.29, 0.717) is 19.0 Å². The molecule has 1 aliphatic heterocycles. The average molecular weight is 539 g/mol. The second-order valence-corrected chi connectivity index (χ2v) is 11.5. The minimum Gasteiger partial charge on any atom is -0.396 e. The minimum atomic E-state index is -4.12. The standard InChI is InChI=1S/C24H29Cl2N5O3S/c1-2-3-15-6-8-31(9-7-15)24(32)22(11-16-4-5-20-21(10-16)29-14-28-20)30-35(33,34)17-12-18(25)23(27)19(26)13-17/h4-5,10,12-15,22,30H,2-3,6-9,11,27H2,1H3,(H,28,29). The molecule has 1 aromatic heterocycles. The fourth-order valence-corrected chi connectivity index (χ4v) is 6.42. The van der Waals surface area contributed by atoms with E-state index in [1.54, 1.807) is 11.2 Å². The molecule has 0 aliphatic carbocycles. The number of nitrogens with two attached hydrogens (primary N) is 1. The summed E-state index contributed by atoms with van der Waals surface area (Å²) in [6, 6.07) is 7.04. The summed E-state index contributed by atoms with van der Waals surface area (Å²) in [6.07, 6.45) is 5.86. The van der Waals surface area contributed by atoms with Crippen molar-refractivity contribution in [3.8, 4) is 0 Å². The van der Waals surface area contributed by atoms with Crippen LogP contribution in [0.1, 0.15) is 38.2 Å². The lowest BCUT2D eigenvalue weighted by molar-refractivity contribution is -0.134. The monoisotopic (exact) mass is 537 g/mol. The zero-order valence-corrected chi connectivity index (χ0v) is 21.8. The lowest BCUT2D eigenvalue weighted by Crippen LogP contribution is -2.51. The Balaban J connectivity index is 1.61. The number of likely N-dealkylation sites (tertiary alicyclic amines) is 1. The molecule has 4 N–H and O–H groups in total. The third kappa shape index (κ3) is 5.91. The van der Waals surface area contributed by atoms with E-state index in [9.17, 15) is 13.2 Å². The highest BCUT2D eigenvalue weighted by Gasteiger charge is 2.32. The number of amides is 1. The quantitative estimate of drug-likeness (QED) is 0.368. The summed E-state index contributed by atoms with van der Waals surface area (Å²) in [7, 11) is -4.12. The van der Waals surface area contributed by atoms with Crippen LogP contribution in [0.25, 0.3) is 11.0 Å². The largest absolute Gasteiger partial charge is 0.396 e. The summed E-state index contributed by atoms with van der Waals surface area (Å²) in [5, 5.41) is 0.0619. The highest BCUT2D eigenvalue weighted by atomic mass is 35.5. The number of anilines is 1. The number of benzene rings is 2. The molecule has 1 unspecified atom stereocenters. The third-order valence-corrected chi connectivity index (χ3v) is 8.58. The van der Waals surface area contributed by atoms with Gasteiger partial charge in [0.15, 0.2) is 0 Å². The number of hydrogen-bond donors (Lipinski definition) is 3. The van der Waals surface area contributed by atoms with Crippen molar-refractivity contribution in [2.24, 2.45) is 5.92 Å². The molecule has 2 aromatic carbocycles. The van der Waals surface area contributed by atoms with Crippen LogP contribution in [0, 0.1) is 5.92 Å². The zero-order valence-electron chi connectivity index (χ0n) is 19.4. The Morgan fingerprint density at radius 3 is 2.57 bits per heavy atom. The predicted octanol–water partition coefficient (Wildman–Crippen LogP) is 4.38. The van der Waals surface area contributed by atoms with Crippen molar-refractivity contribution in [3.63, 3.8) is 0 Å². The molecule has 1 aliphatic rings. The molecule has 3 aromatic rings. The molecule has 1 atom stereocenters. The van der Waals surface area contributed by atoms with Gasteiger partial charge in [0.2, 0.25) is 15.9 Å². The van der Waals surface area contributed by atoms with E-state index in [1.807, 2.05) is 18.2 Å². The number of piperidine rings is 1. The molecule has 8 nitrogen and oxygen atoms in total. The van der Waals surface area contributed by atoms with Gasteiger partial charge in [-0.1, -0.05) is 49.0 Å². The van der Waals surface area contributed by atoms with Gasteiger partial charge in [-0.2, -0.15) is 4.72 Å². The van der Waals surface area contributed by atoms with E-state index in [0.717, 1.165) is 42.3 Å². The number of rotatable bonds is 8. The Labute approximate surface area is 215 Å². The van der Waals surface area contributed by atoms with E-state index in [-0.39, 0.29) is 33.0 Å². The number of nitrogens with zero attached hydrogens (tertiary/aromatic N) is 2. The molecule has 1 saturated heterocycles. The maximum Gasteiger partial charge on any atom is 0.241 e. The van der Waals surface area contributed by atoms with Crippen LogP contribution in [0.15, 0.2) is 41.6 Å². The lowest BCUT2D eigenvalue weighted by Gasteiger charge is -2.34. The van der Waals surface area contributed by atoms with Gasteiger partial charge in [0, 0.05) is 13.1 Å². The molecule has 0 saturated carbocycles. The second kappa shape index (κ2) is 10.7. The van der Waals surface area contributed by atoms with Crippen molar-refractivity contribution in [1.82, 2.24) is 19.6 Å². The molecule has 0 bridgehead atoms. The number of hydrogen-bond acceptors (Lipinski definition) is 5. The first-order valence-corrected chi connectivity index (χ1v) is 13.9. The van der Waals surface area contributed by atoms with Crippen molar-refractivity contribution in [2.75, 3.05) is 18.8 Å². The molecule has 4 rings (SSSR count). The first-order chi connectivity index (χ1) is 16.7. The number of aromatic nitrogens is 2. The van der Waals surface area contributed by atoms with Gasteiger partial charge in [0.1, 0.15) is 6.04 Å². The molecule has 2 heterocycles. The van der Waals surface area contributed by atoms with Crippen LogP contribution in [-0.4, -0.2) is 48.3 Å². The molecule has 11 heteroatoms. The number of carbonyl (C=O) groups is 1. The van der Waals surface area contributed by atoms with Crippen LogP contribution >= 0.6 is 23.2 Å². The van der Waals surface area contributed by atoms with Crippen molar-refractivity contribution in [1.29, 1.82) is 0 Å². The number of halogens is 2. The first kappa shape index (κ1) is 25.8. The maximum absolute atomic E-state index is 13.6. The van der Waals surface area contributed by atoms with Gasteiger partial charge in [0.05, 0.1) is 38.0 Å². The topological polar surface area (TPSA) is 121 Å². The molecular weight excluding hydrogens is 509 g/mol. The van der Waals surface area contributed by atoms with Gasteiger partial charge in [0.25, 0.3) is 0 Å². The normalized spacial score (nSPS) is 16.0. The molecule has 0 radical (unpaired) electrons. The lowest BCUT2D eigenvalue weighted by atomic mass is 9.92. The summed E-state index contributed by atoms with van der Waals surface area (Å²) >= 11 is 12.1. The molecule has 1 fully saturated rings. The number of sulfonamides is 1. The summed E-state index contributed by atoms with van der Waals surface area (Å²) in [5.41, 5.74) is 8.27. The zero-order chi connectivity index (χ0) is 25.2. The van der Waals surface area contributed by atoms with Crippen molar-refractivity contribution in [3.05, 3.63) is 52.3 Å². The van der Waals surface area contributed by atoms with Crippen molar-refractivity contribution in [2.45, 2.75) is 50.0 Å². The Bertz CT molecular complexity index is 1300. The van der Waals surface area contributed by atoms with E-state index < -0.39 is 16.1 Å². The number of imidazole rings is 1. The van der Waals surface area contributed by atoms with Gasteiger partial charge < -0.3 is 15.6 Å². The van der Waals surface area contributed by atoms with Crippen molar-refractivity contribution >= 4 is 55.9 Å². The summed E-state index contributed by atoms with van der Waals surface area (Å²) in [5.74, 6) is 0.349. The summed E-state index contributed by atoms with van der Waals surface area (Å²) < 4.78 is 29.2. The van der Waals surface area contributed by atoms with E-state index in [4.69, 9.17) is 28.9 Å². The SMILES string of the molecule is CCCC1CCN(C(=O)C(Cc2ccc3nc[nH]c3c2)NS(=O)(=O)c2cc(Cl)c(N)c(Cl)c2)CC1. The van der Waals surface area contributed by atoms with Crippen LogP contribution in [-0.2, 0) is 21.2 Å². The Morgan fingerprint density at radius 2 is 1.91 bits per heavy atom. The highest BCUT2D eigenvalue weighted by molar-refractivity contribution is 7.89. The maximum atomic E-state index is 13.6. The summed E-state index contributed by atoms with van der Waals surface area (Å²) in [4.78, 5) is 22.5. The van der Waals surface area contributed by atoms with Gasteiger partial charge in [-0.25, -0.2) is 13.4 Å². The van der Waals surface area contributed by atoms with E-state index >= 15 is 0 Å². The van der Waals surface area contributed by atoms with Gasteiger partial charge >= 0.3 is 0 Å². The molecule has 1 amide bonds. The van der Waals surface area contributed by atoms with Gasteiger partial charge in [-0.3, -0.25) is 4.79 Å². The second-order valence-electron chi connectivity index (χ2n) is 8.99. The number of aromatic amines is 1. The highest BCUT2D eigenvalue weighted by Crippen LogP contribution is 2.31. The van der Waals surface area contributed by atoms with E-state index in [2.05, 4.69) is 21.6 Å². The number of nitrogen functional groups attached to an aromatic ring is 1. The van der Waals surface area contributed by atoms with E-state index in [1.165, 1.54) is 12.1 Å². The number of nitrogens with one attached hydrogen (secondary N) is 2. The molecule has 35 heavy (non-hydrogen) atoms. The van der Waals surface area contributed by atoms with Crippen LogP contribution in [0.2, 0.25) is 10.0 Å². The Hall–Kier alpha value is -2.33. The predicted molar refractivity (Wildman–Crippen MR) is 139 cm³/mol. The Kier molecular flexibility index (Phi) is 7.90. The smallest absolute Gasteiger partial charge is 0.241 e. The van der Waals surface area contributed by atoms with Crippen LogP contribution < -0.4 is 10.5 Å². The molecule has 0 spiro atoms. The van der Waals surface area contributed by atoms with Crippen LogP contribution in [0.3, 0.4) is 0 Å². The summed E-state index contributed by atoms with van der Waals surface area (Å²) in [6.45, 7) is 3.39. The number of H-pyrrole nitrogens is 1. The third-order valence-electron chi connectivity index (χ3n) is 6.51. The number of carbonyl (C=O) groups excluding carboxylic acids is 1. The van der Waals surface area contributed by atoms with Crippen LogP contribution in [0.5, 0.6) is 0 Å². The fraction of sp³-hybridized carbons (Fsp3) is 0.417. The molecular formula is C24H29Cl2N5O3S. The first-order valence-electron chi connectivity index (χ1n) is 11.7. The average Bonchev–Trinajstić information content (AvgIpc) is 3.30. The molecule has 188 valence electrons. The minimum absolute atomic E-state index is 0.0310. The Morgan fingerprint density at radius 1 is 1.23 bits per heavy atom. The van der Waals surface area contributed by atoms with Crippen molar-refractivity contribution < 1.29 is 13.2 Å². The number of fused-ring (bicyclic) bond motifs is 1.